The summed E-state index contributed by atoms with van der Waals surface area (Å²) in [4.78, 5) is 26.1. The molecule has 0 spiro atoms. The molecule has 120 valence electrons. The van der Waals surface area contributed by atoms with Crippen LogP contribution in [0.2, 0.25) is 0 Å². The highest BCUT2D eigenvalue weighted by Crippen LogP contribution is 2.37. The first-order valence-corrected chi connectivity index (χ1v) is 8.27. The number of hydrogen-bond donors (Lipinski definition) is 0. The number of fused-ring (bicyclic) bond motifs is 1. The van der Waals surface area contributed by atoms with E-state index in [0.717, 1.165) is 29.4 Å². The molecule has 6 nitrogen and oxygen atoms in total. The van der Waals surface area contributed by atoms with Crippen molar-refractivity contribution in [3.63, 3.8) is 0 Å². The standard InChI is InChI=1S/C16H17N3O3S/c1-2-22-15(20)9-11-7-8-19(14-6-4-3-5-12(11)14)16(21)13-10-17-23-18-13/h3-6,10-11H,2,7-9H2,1H3. The van der Waals surface area contributed by atoms with Crippen molar-refractivity contribution in [3.8, 4) is 0 Å². The Balaban J connectivity index is 1.86. The lowest BCUT2D eigenvalue weighted by Crippen LogP contribution is -2.37. The van der Waals surface area contributed by atoms with Crippen LogP contribution < -0.4 is 4.90 Å². The predicted molar refractivity (Wildman–Crippen MR) is 86.6 cm³/mol. The molecular formula is C16H17N3O3S. The van der Waals surface area contributed by atoms with Crippen molar-refractivity contribution in [2.75, 3.05) is 18.1 Å². The maximum Gasteiger partial charge on any atom is 0.306 e. The highest BCUT2D eigenvalue weighted by Gasteiger charge is 2.31. The fourth-order valence-electron chi connectivity index (χ4n) is 2.88. The molecule has 0 fully saturated rings. The van der Waals surface area contributed by atoms with Crippen LogP contribution in [-0.2, 0) is 9.53 Å². The number of benzene rings is 1. The molecule has 0 saturated carbocycles. The summed E-state index contributed by atoms with van der Waals surface area (Å²) in [5, 5.41) is 0. The van der Waals surface area contributed by atoms with Gasteiger partial charge in [0.25, 0.3) is 5.91 Å². The Morgan fingerprint density at radius 1 is 1.39 bits per heavy atom. The summed E-state index contributed by atoms with van der Waals surface area (Å²) in [5.41, 5.74) is 2.20. The summed E-state index contributed by atoms with van der Waals surface area (Å²) < 4.78 is 13.0. The fraction of sp³-hybridized carbons (Fsp3) is 0.375. The molecule has 1 aliphatic heterocycles. The Kier molecular flexibility index (Phi) is 4.66. The van der Waals surface area contributed by atoms with Gasteiger partial charge >= 0.3 is 5.97 Å². The van der Waals surface area contributed by atoms with Gasteiger partial charge in [0.05, 0.1) is 31.0 Å². The molecule has 0 aliphatic carbocycles. The van der Waals surface area contributed by atoms with E-state index >= 15 is 0 Å². The Hall–Kier alpha value is -2.28. The second kappa shape index (κ2) is 6.87. The van der Waals surface area contributed by atoms with Crippen molar-refractivity contribution >= 4 is 29.3 Å². The molecule has 1 aromatic carbocycles. The van der Waals surface area contributed by atoms with E-state index in [4.69, 9.17) is 4.74 Å². The van der Waals surface area contributed by atoms with Crippen molar-refractivity contribution in [3.05, 3.63) is 41.7 Å². The summed E-state index contributed by atoms with van der Waals surface area (Å²) in [6, 6.07) is 7.70. The maximum absolute atomic E-state index is 12.6. The molecule has 1 amide bonds. The lowest BCUT2D eigenvalue weighted by molar-refractivity contribution is -0.143. The van der Waals surface area contributed by atoms with Gasteiger partial charge in [-0.1, -0.05) is 18.2 Å². The number of carbonyl (C=O) groups is 2. The maximum atomic E-state index is 12.6. The number of anilines is 1. The molecular weight excluding hydrogens is 314 g/mol. The van der Waals surface area contributed by atoms with Crippen LogP contribution in [0.25, 0.3) is 0 Å². The molecule has 1 unspecified atom stereocenters. The number of nitrogens with zero attached hydrogens (tertiary/aromatic N) is 3. The number of ether oxygens (including phenoxy) is 1. The van der Waals surface area contributed by atoms with Crippen LogP contribution >= 0.6 is 11.7 Å². The third-order valence-electron chi connectivity index (χ3n) is 3.91. The zero-order valence-electron chi connectivity index (χ0n) is 12.8. The Morgan fingerprint density at radius 2 is 2.22 bits per heavy atom. The molecule has 0 saturated heterocycles. The molecule has 1 atom stereocenters. The lowest BCUT2D eigenvalue weighted by Gasteiger charge is -2.33. The van der Waals surface area contributed by atoms with E-state index in [0.29, 0.717) is 25.3 Å². The van der Waals surface area contributed by atoms with Gasteiger partial charge in [-0.2, -0.15) is 8.75 Å². The van der Waals surface area contributed by atoms with Crippen LogP contribution in [0.3, 0.4) is 0 Å². The van der Waals surface area contributed by atoms with E-state index < -0.39 is 0 Å². The zero-order chi connectivity index (χ0) is 16.2. The molecule has 0 radical (unpaired) electrons. The molecule has 1 aromatic heterocycles. The zero-order valence-corrected chi connectivity index (χ0v) is 13.6. The molecule has 23 heavy (non-hydrogen) atoms. The molecule has 2 heterocycles. The van der Waals surface area contributed by atoms with E-state index in [-0.39, 0.29) is 17.8 Å². The van der Waals surface area contributed by atoms with Crippen molar-refractivity contribution in [2.24, 2.45) is 0 Å². The van der Waals surface area contributed by atoms with Gasteiger partial charge in [-0.3, -0.25) is 9.59 Å². The number of rotatable bonds is 4. The Morgan fingerprint density at radius 3 is 2.96 bits per heavy atom. The van der Waals surface area contributed by atoms with E-state index in [2.05, 4.69) is 8.75 Å². The molecule has 7 heteroatoms. The van der Waals surface area contributed by atoms with E-state index in [1.165, 1.54) is 6.20 Å². The monoisotopic (exact) mass is 331 g/mol. The van der Waals surface area contributed by atoms with Gasteiger partial charge in [-0.25, -0.2) is 0 Å². The number of amides is 1. The van der Waals surface area contributed by atoms with Gasteiger partial charge in [0.1, 0.15) is 0 Å². The number of para-hydroxylation sites is 1. The van der Waals surface area contributed by atoms with Gasteiger partial charge in [-0.15, -0.1) is 0 Å². The normalized spacial score (nSPS) is 16.7. The first kappa shape index (κ1) is 15.6. The Bertz CT molecular complexity index is 702. The topological polar surface area (TPSA) is 72.4 Å². The van der Waals surface area contributed by atoms with Crippen LogP contribution in [0.5, 0.6) is 0 Å². The van der Waals surface area contributed by atoms with Gasteiger partial charge in [0.2, 0.25) is 0 Å². The van der Waals surface area contributed by atoms with Crippen molar-refractivity contribution in [1.29, 1.82) is 0 Å². The molecule has 0 N–H and O–H groups in total. The fourth-order valence-corrected chi connectivity index (χ4v) is 3.29. The minimum absolute atomic E-state index is 0.0721. The minimum atomic E-state index is -0.198. The van der Waals surface area contributed by atoms with Crippen molar-refractivity contribution < 1.29 is 14.3 Å². The summed E-state index contributed by atoms with van der Waals surface area (Å²) in [7, 11) is 0. The van der Waals surface area contributed by atoms with Crippen LogP contribution in [0.15, 0.2) is 30.5 Å². The third kappa shape index (κ3) is 3.24. The lowest BCUT2D eigenvalue weighted by atomic mass is 9.87. The number of aromatic nitrogens is 2. The van der Waals surface area contributed by atoms with E-state index in [1.54, 1.807) is 11.8 Å². The summed E-state index contributed by atoms with van der Waals surface area (Å²) in [5.74, 6) is -0.278. The average Bonchev–Trinajstić information content (AvgIpc) is 3.09. The SMILES string of the molecule is CCOC(=O)CC1CCN(C(=O)c2cnsn2)c2ccccc21. The van der Waals surface area contributed by atoms with Gasteiger partial charge < -0.3 is 9.64 Å². The summed E-state index contributed by atoms with van der Waals surface area (Å²) in [6.45, 7) is 2.74. The number of carbonyl (C=O) groups excluding carboxylic acids is 2. The highest BCUT2D eigenvalue weighted by atomic mass is 32.1. The third-order valence-corrected chi connectivity index (χ3v) is 4.39. The number of esters is 1. The Labute approximate surface area is 138 Å². The number of hydrogen-bond acceptors (Lipinski definition) is 6. The summed E-state index contributed by atoms with van der Waals surface area (Å²) in [6.07, 6.45) is 2.55. The van der Waals surface area contributed by atoms with E-state index in [1.807, 2.05) is 24.3 Å². The largest absolute Gasteiger partial charge is 0.466 e. The first-order chi connectivity index (χ1) is 11.2. The molecule has 1 aliphatic rings. The summed E-state index contributed by atoms with van der Waals surface area (Å²) >= 11 is 1.02. The molecule has 2 aromatic rings. The predicted octanol–water partition coefficient (Wildman–Crippen LogP) is 2.63. The van der Waals surface area contributed by atoms with Crippen molar-refractivity contribution in [2.45, 2.75) is 25.7 Å². The first-order valence-electron chi connectivity index (χ1n) is 7.54. The second-order valence-corrected chi connectivity index (χ2v) is 5.86. The van der Waals surface area contributed by atoms with Gasteiger partial charge in [0, 0.05) is 12.2 Å². The quantitative estimate of drug-likeness (QED) is 0.805. The smallest absolute Gasteiger partial charge is 0.306 e. The molecule has 0 bridgehead atoms. The van der Waals surface area contributed by atoms with Gasteiger partial charge in [-0.05, 0) is 30.9 Å². The van der Waals surface area contributed by atoms with Crippen LogP contribution in [-0.4, -0.2) is 33.8 Å². The average molecular weight is 331 g/mol. The minimum Gasteiger partial charge on any atom is -0.466 e. The van der Waals surface area contributed by atoms with Crippen molar-refractivity contribution in [1.82, 2.24) is 8.75 Å². The van der Waals surface area contributed by atoms with Gasteiger partial charge in [0.15, 0.2) is 5.69 Å². The van der Waals surface area contributed by atoms with Crippen LogP contribution in [0.4, 0.5) is 5.69 Å². The van der Waals surface area contributed by atoms with E-state index in [9.17, 15) is 9.59 Å². The van der Waals surface area contributed by atoms with Crippen LogP contribution in [0, 0.1) is 0 Å². The second-order valence-electron chi connectivity index (χ2n) is 5.30. The molecule has 3 rings (SSSR count). The van der Waals surface area contributed by atoms with Crippen LogP contribution in [0.1, 0.15) is 41.7 Å². The highest BCUT2D eigenvalue weighted by molar-refractivity contribution is 6.99.